The second kappa shape index (κ2) is 7.26. The first-order valence-corrected chi connectivity index (χ1v) is 10.6. The number of carbonyl (C=O) groups excluding carboxylic acids is 2. The zero-order chi connectivity index (χ0) is 18.9. The van der Waals surface area contributed by atoms with Crippen LogP contribution < -0.4 is 4.74 Å². The van der Waals surface area contributed by atoms with E-state index in [4.69, 9.17) is 4.74 Å². The fourth-order valence-electron chi connectivity index (χ4n) is 3.89. The van der Waals surface area contributed by atoms with Gasteiger partial charge in [-0.05, 0) is 6.07 Å². The topological polar surface area (TPSA) is 84.0 Å². The number of piperazine rings is 1. The van der Waals surface area contributed by atoms with Crippen LogP contribution in [0.2, 0.25) is 0 Å². The number of para-hydroxylation sites is 1. The van der Waals surface area contributed by atoms with Gasteiger partial charge in [-0.3, -0.25) is 9.59 Å². The summed E-state index contributed by atoms with van der Waals surface area (Å²) < 4.78 is 29.7. The van der Waals surface area contributed by atoms with Gasteiger partial charge in [-0.2, -0.15) is 0 Å². The van der Waals surface area contributed by atoms with Gasteiger partial charge in [0.15, 0.2) is 9.84 Å². The van der Waals surface area contributed by atoms with Crippen LogP contribution in [0.15, 0.2) is 24.3 Å². The smallest absolute Gasteiger partial charge is 0.227 e. The van der Waals surface area contributed by atoms with E-state index in [1.165, 1.54) is 0 Å². The Labute approximate surface area is 153 Å². The normalized spacial score (nSPS) is 24.2. The third-order valence-corrected chi connectivity index (χ3v) is 6.85. The van der Waals surface area contributed by atoms with Gasteiger partial charge in [0, 0.05) is 25.1 Å². The number of benzene rings is 1. The van der Waals surface area contributed by atoms with E-state index >= 15 is 0 Å². The Hall–Kier alpha value is -2.09. The number of methoxy groups -OCH3 is 1. The predicted octanol–water partition coefficient (Wildman–Crippen LogP) is 0.484. The number of hydrogen-bond acceptors (Lipinski definition) is 5. The third-order valence-electron chi connectivity index (χ3n) is 5.15. The summed E-state index contributed by atoms with van der Waals surface area (Å²) in [5.41, 5.74) is 0.768. The van der Waals surface area contributed by atoms with Crippen LogP contribution in [-0.4, -0.2) is 73.8 Å². The maximum Gasteiger partial charge on any atom is 0.227 e. The molecule has 0 bridgehead atoms. The van der Waals surface area contributed by atoms with Crippen LogP contribution >= 0.6 is 0 Å². The van der Waals surface area contributed by atoms with E-state index in [9.17, 15) is 18.0 Å². The van der Waals surface area contributed by atoms with E-state index in [0.29, 0.717) is 25.3 Å². The molecule has 8 heteroatoms. The summed E-state index contributed by atoms with van der Waals surface area (Å²) in [5, 5.41) is 0. The summed E-state index contributed by atoms with van der Waals surface area (Å²) in [6.45, 7) is 2.50. The largest absolute Gasteiger partial charge is 0.496 e. The molecule has 0 N–H and O–H groups in total. The molecule has 2 aliphatic rings. The van der Waals surface area contributed by atoms with Crippen molar-refractivity contribution in [1.29, 1.82) is 0 Å². The van der Waals surface area contributed by atoms with E-state index in [2.05, 4.69) is 0 Å². The molecule has 0 unspecified atom stereocenters. The van der Waals surface area contributed by atoms with Crippen LogP contribution in [0.1, 0.15) is 18.9 Å². The Morgan fingerprint density at radius 2 is 1.65 bits per heavy atom. The molecule has 0 saturated carbocycles. The fourth-order valence-corrected chi connectivity index (χ4v) is 5.87. The van der Waals surface area contributed by atoms with Gasteiger partial charge >= 0.3 is 0 Å². The van der Waals surface area contributed by atoms with Crippen molar-refractivity contribution in [1.82, 2.24) is 9.80 Å². The van der Waals surface area contributed by atoms with Crippen molar-refractivity contribution in [2.75, 3.05) is 31.7 Å². The highest BCUT2D eigenvalue weighted by atomic mass is 32.2. The second-order valence-electron chi connectivity index (χ2n) is 6.73. The minimum absolute atomic E-state index is 0.0612. The van der Waals surface area contributed by atoms with Gasteiger partial charge in [0.2, 0.25) is 11.8 Å². The summed E-state index contributed by atoms with van der Waals surface area (Å²) in [5.74, 6) is 0.292. The Kier molecular flexibility index (Phi) is 5.22. The summed E-state index contributed by atoms with van der Waals surface area (Å²) in [6, 6.07) is 6.39. The predicted molar refractivity (Wildman–Crippen MR) is 96.6 cm³/mol. The first kappa shape index (κ1) is 18.7. The number of rotatable bonds is 4. The number of ether oxygens (including phenoxy) is 1. The number of nitrogens with zero attached hydrogens (tertiary/aromatic N) is 2. The molecule has 26 heavy (non-hydrogen) atoms. The standard InChI is InChI=1S/C18H24N2O5S/c1-3-17(21)19-8-9-20(15-12-26(23,24)11-14(15)19)18(22)10-13-6-4-5-7-16(13)25-2/h4-7,14-15H,3,8-12H2,1-2H3/t14-,15+/m1/s1. The van der Waals surface area contributed by atoms with Crippen molar-refractivity contribution in [2.45, 2.75) is 31.8 Å². The van der Waals surface area contributed by atoms with E-state index in [1.54, 1.807) is 29.9 Å². The average molecular weight is 380 g/mol. The molecule has 2 atom stereocenters. The lowest BCUT2D eigenvalue weighted by molar-refractivity contribution is -0.144. The second-order valence-corrected chi connectivity index (χ2v) is 8.88. The highest BCUT2D eigenvalue weighted by Gasteiger charge is 2.49. The molecule has 0 spiro atoms. The minimum Gasteiger partial charge on any atom is -0.496 e. The molecular formula is C18H24N2O5S. The fraction of sp³-hybridized carbons (Fsp3) is 0.556. The summed E-state index contributed by atoms with van der Waals surface area (Å²) in [6.07, 6.45) is 0.480. The van der Waals surface area contributed by atoms with E-state index < -0.39 is 21.9 Å². The van der Waals surface area contributed by atoms with Crippen LogP contribution in [0.4, 0.5) is 0 Å². The number of sulfone groups is 1. The maximum atomic E-state index is 12.9. The molecule has 2 amide bonds. The summed E-state index contributed by atoms with van der Waals surface area (Å²) in [7, 11) is -1.71. The van der Waals surface area contributed by atoms with Crippen LogP contribution in [0.25, 0.3) is 0 Å². The molecule has 3 rings (SSSR count). The van der Waals surface area contributed by atoms with Gasteiger partial charge in [-0.1, -0.05) is 25.1 Å². The zero-order valence-electron chi connectivity index (χ0n) is 15.1. The summed E-state index contributed by atoms with van der Waals surface area (Å²) in [4.78, 5) is 28.4. The number of fused-ring (bicyclic) bond motifs is 1. The van der Waals surface area contributed by atoms with Crippen molar-refractivity contribution in [2.24, 2.45) is 0 Å². The quantitative estimate of drug-likeness (QED) is 0.759. The van der Waals surface area contributed by atoms with Crippen LogP contribution in [-0.2, 0) is 25.8 Å². The molecule has 2 fully saturated rings. The Bertz CT molecular complexity index is 808. The van der Waals surface area contributed by atoms with Crippen LogP contribution in [0.5, 0.6) is 5.75 Å². The highest BCUT2D eigenvalue weighted by molar-refractivity contribution is 7.91. The molecular weight excluding hydrogens is 356 g/mol. The SMILES string of the molecule is CCC(=O)N1CCN(C(=O)Cc2ccccc2OC)[C@H]2CS(=O)(=O)C[C@H]21. The molecule has 7 nitrogen and oxygen atoms in total. The molecule has 1 aromatic rings. The monoisotopic (exact) mass is 380 g/mol. The van der Waals surface area contributed by atoms with E-state index in [0.717, 1.165) is 5.56 Å². The van der Waals surface area contributed by atoms with Crippen LogP contribution in [0.3, 0.4) is 0 Å². The highest BCUT2D eigenvalue weighted by Crippen LogP contribution is 2.29. The van der Waals surface area contributed by atoms with E-state index in [-0.39, 0.29) is 29.7 Å². The first-order valence-electron chi connectivity index (χ1n) is 8.77. The van der Waals surface area contributed by atoms with Gasteiger partial charge in [0.25, 0.3) is 0 Å². The maximum absolute atomic E-state index is 12.9. The van der Waals surface area contributed by atoms with Crippen molar-refractivity contribution in [3.05, 3.63) is 29.8 Å². The van der Waals surface area contributed by atoms with Crippen LogP contribution in [0, 0.1) is 0 Å². The van der Waals surface area contributed by atoms with Crippen molar-refractivity contribution in [3.63, 3.8) is 0 Å². The Morgan fingerprint density at radius 1 is 1.08 bits per heavy atom. The lowest BCUT2D eigenvalue weighted by Crippen LogP contribution is -2.62. The van der Waals surface area contributed by atoms with E-state index in [1.807, 2.05) is 18.2 Å². The molecule has 2 aliphatic heterocycles. The minimum atomic E-state index is -3.27. The van der Waals surface area contributed by atoms with Gasteiger partial charge in [0.05, 0.1) is 37.1 Å². The van der Waals surface area contributed by atoms with Gasteiger partial charge in [-0.25, -0.2) is 8.42 Å². The average Bonchev–Trinajstić information content (AvgIpc) is 2.95. The van der Waals surface area contributed by atoms with Gasteiger partial charge in [0.1, 0.15) is 5.75 Å². The molecule has 1 aromatic carbocycles. The Morgan fingerprint density at radius 3 is 2.23 bits per heavy atom. The van der Waals surface area contributed by atoms with Crippen molar-refractivity contribution in [3.8, 4) is 5.75 Å². The lowest BCUT2D eigenvalue weighted by atomic mass is 10.0. The first-order chi connectivity index (χ1) is 12.4. The van der Waals surface area contributed by atoms with Gasteiger partial charge < -0.3 is 14.5 Å². The molecule has 0 aromatic heterocycles. The Balaban J connectivity index is 1.82. The molecule has 0 radical (unpaired) electrons. The third kappa shape index (κ3) is 3.56. The number of carbonyl (C=O) groups is 2. The molecule has 0 aliphatic carbocycles. The van der Waals surface area contributed by atoms with Crippen molar-refractivity contribution >= 4 is 21.7 Å². The number of amides is 2. The molecule has 2 heterocycles. The molecule has 2 saturated heterocycles. The van der Waals surface area contributed by atoms with Gasteiger partial charge in [-0.15, -0.1) is 0 Å². The number of hydrogen-bond donors (Lipinski definition) is 0. The molecule has 142 valence electrons. The summed E-state index contributed by atoms with van der Waals surface area (Å²) >= 11 is 0. The lowest BCUT2D eigenvalue weighted by Gasteiger charge is -2.44. The zero-order valence-corrected chi connectivity index (χ0v) is 15.9. The van der Waals surface area contributed by atoms with Crippen molar-refractivity contribution < 1.29 is 22.7 Å².